The zero-order valence-corrected chi connectivity index (χ0v) is 12.2. The first kappa shape index (κ1) is 13.0. The maximum absolute atomic E-state index is 13.5. The highest BCUT2D eigenvalue weighted by Crippen LogP contribution is 2.36. The standard InChI is InChI=1S/C12H12Br2FNO/c13-8-2-1-3-10(15)11(8)12(17)16-6-9(14)7-4-5-7/h1-3,7,9H,4-6H2,(H,16,17). The van der Waals surface area contributed by atoms with Gasteiger partial charge in [-0.3, -0.25) is 4.79 Å². The van der Waals surface area contributed by atoms with Crippen LogP contribution in [-0.2, 0) is 0 Å². The van der Waals surface area contributed by atoms with Gasteiger partial charge in [0.2, 0.25) is 0 Å². The van der Waals surface area contributed by atoms with Crippen LogP contribution in [0.1, 0.15) is 23.2 Å². The van der Waals surface area contributed by atoms with Crippen molar-refractivity contribution in [2.75, 3.05) is 6.54 Å². The molecule has 1 aliphatic carbocycles. The Bertz CT molecular complexity index is 414. The normalized spacial score (nSPS) is 16.6. The van der Waals surface area contributed by atoms with Gasteiger partial charge in [0.05, 0.1) is 5.56 Å². The lowest BCUT2D eigenvalue weighted by atomic mass is 10.2. The van der Waals surface area contributed by atoms with E-state index in [1.54, 1.807) is 12.1 Å². The third kappa shape index (κ3) is 3.28. The summed E-state index contributed by atoms with van der Waals surface area (Å²) in [5.74, 6) is -0.228. The van der Waals surface area contributed by atoms with E-state index in [2.05, 4.69) is 37.2 Å². The molecule has 2 nitrogen and oxygen atoms in total. The van der Waals surface area contributed by atoms with E-state index in [1.165, 1.54) is 18.9 Å². The molecule has 0 heterocycles. The molecule has 0 saturated heterocycles. The number of amides is 1. The Hall–Kier alpha value is -0.420. The molecule has 92 valence electrons. The van der Waals surface area contributed by atoms with E-state index in [-0.39, 0.29) is 16.3 Å². The second kappa shape index (κ2) is 5.48. The smallest absolute Gasteiger partial charge is 0.255 e. The summed E-state index contributed by atoms with van der Waals surface area (Å²) in [5.41, 5.74) is 0.0722. The molecule has 0 radical (unpaired) electrons. The van der Waals surface area contributed by atoms with Gasteiger partial charge in [-0.05, 0) is 46.8 Å². The number of carbonyl (C=O) groups excluding carboxylic acids is 1. The van der Waals surface area contributed by atoms with Crippen molar-refractivity contribution in [1.29, 1.82) is 0 Å². The van der Waals surface area contributed by atoms with Crippen molar-refractivity contribution in [2.24, 2.45) is 5.92 Å². The molecule has 1 fully saturated rings. The first-order valence-corrected chi connectivity index (χ1v) is 7.16. The lowest BCUT2D eigenvalue weighted by Gasteiger charge is -2.11. The third-order valence-electron chi connectivity index (χ3n) is 2.78. The van der Waals surface area contributed by atoms with Crippen LogP contribution >= 0.6 is 31.9 Å². The summed E-state index contributed by atoms with van der Waals surface area (Å²) in [6.45, 7) is 0.532. The predicted octanol–water partition coefficient (Wildman–Crippen LogP) is 3.49. The number of carbonyl (C=O) groups is 1. The quantitative estimate of drug-likeness (QED) is 0.814. The van der Waals surface area contributed by atoms with Gasteiger partial charge in [-0.15, -0.1) is 0 Å². The van der Waals surface area contributed by atoms with Crippen LogP contribution in [0.2, 0.25) is 0 Å². The van der Waals surface area contributed by atoms with Gasteiger partial charge in [-0.25, -0.2) is 4.39 Å². The molecule has 1 amide bonds. The predicted molar refractivity (Wildman–Crippen MR) is 71.9 cm³/mol. The number of alkyl halides is 1. The number of nitrogens with one attached hydrogen (secondary N) is 1. The van der Waals surface area contributed by atoms with E-state index in [0.29, 0.717) is 16.9 Å². The van der Waals surface area contributed by atoms with Gasteiger partial charge in [-0.1, -0.05) is 22.0 Å². The zero-order chi connectivity index (χ0) is 12.4. The van der Waals surface area contributed by atoms with Crippen molar-refractivity contribution in [3.05, 3.63) is 34.1 Å². The van der Waals surface area contributed by atoms with Gasteiger partial charge < -0.3 is 5.32 Å². The highest BCUT2D eigenvalue weighted by atomic mass is 79.9. The minimum atomic E-state index is -0.505. The van der Waals surface area contributed by atoms with Crippen molar-refractivity contribution in [3.8, 4) is 0 Å². The first-order valence-electron chi connectivity index (χ1n) is 5.46. The Balaban J connectivity index is 1.99. The maximum atomic E-state index is 13.5. The summed E-state index contributed by atoms with van der Waals surface area (Å²) < 4.78 is 14.0. The van der Waals surface area contributed by atoms with Crippen molar-refractivity contribution in [1.82, 2.24) is 5.32 Å². The molecule has 1 aromatic carbocycles. The van der Waals surface area contributed by atoms with E-state index in [9.17, 15) is 9.18 Å². The van der Waals surface area contributed by atoms with E-state index in [4.69, 9.17) is 0 Å². The number of hydrogen-bond donors (Lipinski definition) is 1. The lowest BCUT2D eigenvalue weighted by molar-refractivity contribution is 0.0948. The van der Waals surface area contributed by atoms with Crippen LogP contribution in [0.15, 0.2) is 22.7 Å². The van der Waals surface area contributed by atoms with Crippen LogP contribution in [0.5, 0.6) is 0 Å². The van der Waals surface area contributed by atoms with E-state index in [0.717, 1.165) is 0 Å². The fraction of sp³-hybridized carbons (Fsp3) is 0.417. The summed E-state index contributed by atoms with van der Waals surface area (Å²) in [6.07, 6.45) is 2.41. The van der Waals surface area contributed by atoms with Crippen LogP contribution in [-0.4, -0.2) is 17.3 Å². The third-order valence-corrected chi connectivity index (χ3v) is 4.51. The molecule has 1 aromatic rings. The Morgan fingerprint density at radius 2 is 2.24 bits per heavy atom. The zero-order valence-electron chi connectivity index (χ0n) is 9.05. The molecular formula is C12H12Br2FNO. The van der Waals surface area contributed by atoms with Crippen LogP contribution in [0.3, 0.4) is 0 Å². The summed E-state index contributed by atoms with van der Waals surface area (Å²) in [4.78, 5) is 12.1. The van der Waals surface area contributed by atoms with Crippen LogP contribution in [0.4, 0.5) is 4.39 Å². The second-order valence-corrected chi connectivity index (χ2v) is 6.19. The topological polar surface area (TPSA) is 29.1 Å². The van der Waals surface area contributed by atoms with Crippen LogP contribution in [0, 0.1) is 11.7 Å². The highest BCUT2D eigenvalue weighted by Gasteiger charge is 2.29. The van der Waals surface area contributed by atoms with Gasteiger partial charge in [0, 0.05) is 15.8 Å². The summed E-state index contributed by atoms with van der Waals surface area (Å²) in [6, 6.07) is 4.50. The largest absolute Gasteiger partial charge is 0.351 e. The monoisotopic (exact) mass is 363 g/mol. The average Bonchev–Trinajstić information content (AvgIpc) is 3.09. The van der Waals surface area contributed by atoms with Gasteiger partial charge in [-0.2, -0.15) is 0 Å². The van der Waals surface area contributed by atoms with E-state index in [1.807, 2.05) is 0 Å². The average molecular weight is 365 g/mol. The second-order valence-electron chi connectivity index (χ2n) is 4.16. The summed E-state index contributed by atoms with van der Waals surface area (Å²) in [7, 11) is 0. The van der Waals surface area contributed by atoms with Gasteiger partial charge >= 0.3 is 0 Å². The van der Waals surface area contributed by atoms with Crippen molar-refractivity contribution < 1.29 is 9.18 Å². The Morgan fingerprint density at radius 1 is 1.53 bits per heavy atom. The first-order chi connectivity index (χ1) is 8.09. The fourth-order valence-corrected chi connectivity index (χ4v) is 2.83. The van der Waals surface area contributed by atoms with Crippen LogP contribution < -0.4 is 5.32 Å². The van der Waals surface area contributed by atoms with Crippen molar-refractivity contribution >= 4 is 37.8 Å². The SMILES string of the molecule is O=C(NCC(Br)C1CC1)c1c(F)cccc1Br. The summed E-state index contributed by atoms with van der Waals surface area (Å²) in [5, 5.41) is 2.75. The highest BCUT2D eigenvalue weighted by molar-refractivity contribution is 9.10. The molecule has 0 spiro atoms. The lowest BCUT2D eigenvalue weighted by Crippen LogP contribution is -2.31. The van der Waals surface area contributed by atoms with Crippen LogP contribution in [0.25, 0.3) is 0 Å². The molecule has 17 heavy (non-hydrogen) atoms. The Kier molecular flexibility index (Phi) is 4.20. The molecule has 0 aliphatic heterocycles. The molecule has 0 aromatic heterocycles. The number of hydrogen-bond acceptors (Lipinski definition) is 1. The summed E-state index contributed by atoms with van der Waals surface area (Å²) >= 11 is 6.71. The minimum Gasteiger partial charge on any atom is -0.351 e. The molecular weight excluding hydrogens is 353 g/mol. The Morgan fingerprint density at radius 3 is 2.82 bits per heavy atom. The maximum Gasteiger partial charge on any atom is 0.255 e. The van der Waals surface area contributed by atoms with Crippen molar-refractivity contribution in [3.63, 3.8) is 0 Å². The van der Waals surface area contributed by atoms with Crippen molar-refractivity contribution in [2.45, 2.75) is 17.7 Å². The van der Waals surface area contributed by atoms with Gasteiger partial charge in [0.15, 0.2) is 0 Å². The van der Waals surface area contributed by atoms with E-state index < -0.39 is 5.82 Å². The molecule has 1 N–H and O–H groups in total. The van der Waals surface area contributed by atoms with Gasteiger partial charge in [0.1, 0.15) is 5.82 Å². The molecule has 1 aliphatic rings. The molecule has 1 unspecified atom stereocenters. The van der Waals surface area contributed by atoms with Gasteiger partial charge in [0.25, 0.3) is 5.91 Å². The van der Waals surface area contributed by atoms with E-state index >= 15 is 0 Å². The molecule has 2 rings (SSSR count). The number of benzene rings is 1. The fourth-order valence-electron chi connectivity index (χ4n) is 1.62. The molecule has 0 bridgehead atoms. The Labute approximate surface area is 116 Å². The minimum absolute atomic E-state index is 0.0722. The number of halogens is 3. The molecule has 1 atom stereocenters. The molecule has 5 heteroatoms. The molecule has 1 saturated carbocycles. The number of rotatable bonds is 4.